The molecule has 2 atom stereocenters. The van der Waals surface area contributed by atoms with E-state index in [-0.39, 0.29) is 18.0 Å². The van der Waals surface area contributed by atoms with E-state index in [0.29, 0.717) is 17.2 Å². The van der Waals surface area contributed by atoms with Gasteiger partial charge in [0.2, 0.25) is 5.95 Å². The summed E-state index contributed by atoms with van der Waals surface area (Å²) >= 11 is 0. The first-order valence-electron chi connectivity index (χ1n) is 9.02. The van der Waals surface area contributed by atoms with Crippen LogP contribution in [0.3, 0.4) is 0 Å². The van der Waals surface area contributed by atoms with E-state index in [9.17, 15) is 4.79 Å². The third-order valence-corrected chi connectivity index (χ3v) is 4.71. The van der Waals surface area contributed by atoms with E-state index in [1.54, 1.807) is 30.9 Å². The predicted molar refractivity (Wildman–Crippen MR) is 101 cm³/mol. The van der Waals surface area contributed by atoms with Crippen LogP contribution in [0.25, 0.3) is 5.69 Å². The van der Waals surface area contributed by atoms with E-state index < -0.39 is 0 Å². The Balaban J connectivity index is 1.48. The number of rotatable bonds is 5. The lowest BCUT2D eigenvalue weighted by atomic mass is 10.1. The molecule has 8 heteroatoms. The maximum Gasteiger partial charge on any atom is 0.253 e. The molecule has 2 heterocycles. The van der Waals surface area contributed by atoms with Gasteiger partial charge in [-0.25, -0.2) is 9.97 Å². The van der Waals surface area contributed by atoms with E-state index in [1.807, 2.05) is 25.1 Å². The van der Waals surface area contributed by atoms with Crippen LogP contribution >= 0.6 is 0 Å². The van der Waals surface area contributed by atoms with Crippen LogP contribution in [0.4, 0.5) is 5.95 Å². The molecule has 1 fully saturated rings. The van der Waals surface area contributed by atoms with Crippen molar-refractivity contribution in [2.24, 2.45) is 0 Å². The number of amides is 1. The topological polar surface area (TPSA) is 97.6 Å². The van der Waals surface area contributed by atoms with Crippen molar-refractivity contribution >= 4 is 11.9 Å². The van der Waals surface area contributed by atoms with Crippen LogP contribution in [0.1, 0.15) is 35.2 Å². The number of anilines is 1. The van der Waals surface area contributed by atoms with Gasteiger partial charge in [-0.2, -0.15) is 15.0 Å². The second kappa shape index (κ2) is 7.53. The summed E-state index contributed by atoms with van der Waals surface area (Å²) in [6.07, 6.45) is 9.66. The molecular weight excluding hydrogens is 342 g/mol. The number of aryl methyl sites for hydroxylation is 1. The SMILES string of the molecule is Cc1cnc(N[C@H]2CCC[C@H]2NC(=O)c2ccccc2-n2nccn2)nc1. The van der Waals surface area contributed by atoms with Crippen LogP contribution < -0.4 is 10.6 Å². The zero-order chi connectivity index (χ0) is 18.6. The molecule has 1 saturated carbocycles. The minimum Gasteiger partial charge on any atom is -0.349 e. The molecule has 1 aromatic carbocycles. The zero-order valence-electron chi connectivity index (χ0n) is 15.0. The molecule has 27 heavy (non-hydrogen) atoms. The Hall–Kier alpha value is -3.29. The van der Waals surface area contributed by atoms with Crippen LogP contribution in [-0.2, 0) is 0 Å². The first kappa shape index (κ1) is 17.1. The average molecular weight is 363 g/mol. The Bertz CT molecular complexity index is 908. The molecule has 3 aromatic rings. The van der Waals surface area contributed by atoms with Gasteiger partial charge < -0.3 is 10.6 Å². The van der Waals surface area contributed by atoms with Gasteiger partial charge in [0.25, 0.3) is 5.91 Å². The van der Waals surface area contributed by atoms with Gasteiger partial charge in [-0.3, -0.25) is 4.79 Å². The number of para-hydroxylation sites is 1. The quantitative estimate of drug-likeness (QED) is 0.721. The van der Waals surface area contributed by atoms with Crippen molar-refractivity contribution in [1.29, 1.82) is 0 Å². The smallest absolute Gasteiger partial charge is 0.253 e. The summed E-state index contributed by atoms with van der Waals surface area (Å²) in [5.74, 6) is 0.458. The summed E-state index contributed by atoms with van der Waals surface area (Å²) in [5, 5.41) is 14.8. The van der Waals surface area contributed by atoms with Gasteiger partial charge in [-0.05, 0) is 43.9 Å². The maximum absolute atomic E-state index is 12.9. The Morgan fingerprint density at radius 1 is 1.07 bits per heavy atom. The molecule has 0 unspecified atom stereocenters. The van der Waals surface area contributed by atoms with Gasteiger partial charge in [0.1, 0.15) is 0 Å². The fourth-order valence-corrected chi connectivity index (χ4v) is 3.36. The predicted octanol–water partition coefficient (Wildman–Crippen LogP) is 2.13. The normalized spacial score (nSPS) is 19.0. The summed E-state index contributed by atoms with van der Waals surface area (Å²) in [4.78, 5) is 23.0. The van der Waals surface area contributed by atoms with Crippen molar-refractivity contribution in [3.8, 4) is 5.69 Å². The number of aromatic nitrogens is 5. The van der Waals surface area contributed by atoms with Crippen LogP contribution in [0.2, 0.25) is 0 Å². The summed E-state index contributed by atoms with van der Waals surface area (Å²) < 4.78 is 0. The second-order valence-electron chi connectivity index (χ2n) is 6.68. The van der Waals surface area contributed by atoms with Gasteiger partial charge in [0, 0.05) is 24.5 Å². The largest absolute Gasteiger partial charge is 0.349 e. The molecule has 1 aliphatic carbocycles. The first-order chi connectivity index (χ1) is 13.2. The van der Waals surface area contributed by atoms with E-state index in [1.165, 1.54) is 4.80 Å². The lowest BCUT2D eigenvalue weighted by Gasteiger charge is -2.22. The summed E-state index contributed by atoms with van der Waals surface area (Å²) in [7, 11) is 0. The molecule has 1 amide bonds. The summed E-state index contributed by atoms with van der Waals surface area (Å²) in [6, 6.07) is 7.44. The Morgan fingerprint density at radius 3 is 2.56 bits per heavy atom. The number of hydrogen-bond acceptors (Lipinski definition) is 6. The van der Waals surface area contributed by atoms with Gasteiger partial charge in [0.15, 0.2) is 0 Å². The molecule has 0 saturated heterocycles. The lowest BCUT2D eigenvalue weighted by Crippen LogP contribution is -2.43. The average Bonchev–Trinajstić information content (AvgIpc) is 3.36. The van der Waals surface area contributed by atoms with Crippen LogP contribution in [-0.4, -0.2) is 43.0 Å². The fourth-order valence-electron chi connectivity index (χ4n) is 3.36. The van der Waals surface area contributed by atoms with Crippen molar-refractivity contribution in [3.05, 3.63) is 60.2 Å². The zero-order valence-corrected chi connectivity index (χ0v) is 15.0. The summed E-state index contributed by atoms with van der Waals surface area (Å²) in [5.41, 5.74) is 2.22. The van der Waals surface area contributed by atoms with Crippen molar-refractivity contribution < 1.29 is 4.79 Å². The number of nitrogens with zero attached hydrogens (tertiary/aromatic N) is 5. The maximum atomic E-state index is 12.9. The number of carbonyl (C=O) groups is 1. The highest BCUT2D eigenvalue weighted by Gasteiger charge is 2.30. The van der Waals surface area contributed by atoms with Crippen molar-refractivity contribution in [1.82, 2.24) is 30.3 Å². The number of hydrogen-bond donors (Lipinski definition) is 2. The molecule has 2 aromatic heterocycles. The van der Waals surface area contributed by atoms with Crippen LogP contribution in [0, 0.1) is 6.92 Å². The highest BCUT2D eigenvalue weighted by molar-refractivity contribution is 5.97. The number of nitrogens with one attached hydrogen (secondary N) is 2. The minimum absolute atomic E-state index is 0.0149. The van der Waals surface area contributed by atoms with E-state index in [0.717, 1.165) is 24.8 Å². The monoisotopic (exact) mass is 363 g/mol. The molecule has 0 aliphatic heterocycles. The Kier molecular flexibility index (Phi) is 4.78. The van der Waals surface area contributed by atoms with Crippen molar-refractivity contribution in [3.63, 3.8) is 0 Å². The Morgan fingerprint density at radius 2 is 1.78 bits per heavy atom. The van der Waals surface area contributed by atoms with Crippen molar-refractivity contribution in [2.75, 3.05) is 5.32 Å². The second-order valence-corrected chi connectivity index (χ2v) is 6.68. The molecule has 2 N–H and O–H groups in total. The third-order valence-electron chi connectivity index (χ3n) is 4.71. The minimum atomic E-state index is -0.133. The molecule has 4 rings (SSSR count). The fraction of sp³-hybridized carbons (Fsp3) is 0.316. The van der Waals surface area contributed by atoms with Gasteiger partial charge >= 0.3 is 0 Å². The van der Waals surface area contributed by atoms with Crippen LogP contribution in [0.15, 0.2) is 49.1 Å². The highest BCUT2D eigenvalue weighted by atomic mass is 16.1. The molecule has 0 spiro atoms. The van der Waals surface area contributed by atoms with E-state index >= 15 is 0 Å². The van der Waals surface area contributed by atoms with Gasteiger partial charge in [-0.15, -0.1) is 0 Å². The summed E-state index contributed by atoms with van der Waals surface area (Å²) in [6.45, 7) is 1.95. The molecule has 1 aliphatic rings. The first-order valence-corrected chi connectivity index (χ1v) is 9.02. The van der Waals surface area contributed by atoms with E-state index in [2.05, 4.69) is 30.8 Å². The number of benzene rings is 1. The molecule has 8 nitrogen and oxygen atoms in total. The molecule has 0 bridgehead atoms. The van der Waals surface area contributed by atoms with Crippen LogP contribution in [0.5, 0.6) is 0 Å². The van der Waals surface area contributed by atoms with E-state index in [4.69, 9.17) is 0 Å². The molecule has 0 radical (unpaired) electrons. The third kappa shape index (κ3) is 3.79. The number of carbonyl (C=O) groups excluding carboxylic acids is 1. The Labute approximate surface area is 157 Å². The lowest BCUT2D eigenvalue weighted by molar-refractivity contribution is 0.0935. The molecular formula is C19H21N7O. The van der Waals surface area contributed by atoms with Gasteiger partial charge in [0.05, 0.1) is 23.6 Å². The standard InChI is InChI=1S/C19H21N7O/c1-13-11-20-19(21-12-13)25-16-7-4-6-15(16)24-18(27)14-5-2-3-8-17(14)26-22-9-10-23-26/h2-3,5,8-12,15-16H,4,6-7H2,1H3,(H,24,27)(H,20,21,25)/t15-,16+/m1/s1. The highest BCUT2D eigenvalue weighted by Crippen LogP contribution is 2.23. The van der Waals surface area contributed by atoms with Crippen molar-refractivity contribution in [2.45, 2.75) is 38.3 Å². The van der Waals surface area contributed by atoms with Gasteiger partial charge in [-0.1, -0.05) is 12.1 Å². The molecule has 138 valence electrons.